The quantitative estimate of drug-likeness (QED) is 0.816. The first-order valence-corrected chi connectivity index (χ1v) is 6.62. The fraction of sp³-hybridized carbons (Fsp3) is 0.538. The molecule has 0 bridgehead atoms. The highest BCUT2D eigenvalue weighted by molar-refractivity contribution is 5.05. The Hall–Kier alpha value is -1.62. The second-order valence-electron chi connectivity index (χ2n) is 5.36. The molecule has 1 saturated heterocycles. The molecule has 0 radical (unpaired) electrons. The highest BCUT2D eigenvalue weighted by atomic mass is 15.4. The number of rotatable bonds is 4. The molecular formula is C13H17N5. The van der Waals surface area contributed by atoms with Gasteiger partial charge >= 0.3 is 0 Å². The van der Waals surface area contributed by atoms with E-state index < -0.39 is 0 Å². The van der Waals surface area contributed by atoms with Crippen molar-refractivity contribution in [2.24, 2.45) is 0 Å². The van der Waals surface area contributed by atoms with Gasteiger partial charge in [0.25, 0.3) is 0 Å². The van der Waals surface area contributed by atoms with Gasteiger partial charge in [0.1, 0.15) is 0 Å². The molecule has 2 aromatic rings. The molecule has 0 atom stereocenters. The van der Waals surface area contributed by atoms with Gasteiger partial charge in [-0.25, -0.2) is 4.98 Å². The lowest BCUT2D eigenvalue weighted by Crippen LogP contribution is -2.47. The summed E-state index contributed by atoms with van der Waals surface area (Å²) in [5.74, 6) is 0. The van der Waals surface area contributed by atoms with E-state index in [1.807, 2.05) is 24.8 Å². The topological polar surface area (TPSA) is 38.9 Å². The Kier molecular flexibility index (Phi) is 2.26. The zero-order valence-corrected chi connectivity index (χ0v) is 10.3. The van der Waals surface area contributed by atoms with E-state index in [-0.39, 0.29) is 0 Å². The highest BCUT2D eigenvalue weighted by Crippen LogP contribution is 2.36. The zero-order valence-electron chi connectivity index (χ0n) is 10.3. The second-order valence-corrected chi connectivity index (χ2v) is 5.36. The Balaban J connectivity index is 1.38. The van der Waals surface area contributed by atoms with Crippen LogP contribution in [0.1, 0.15) is 30.6 Å². The fourth-order valence-corrected chi connectivity index (χ4v) is 2.70. The summed E-state index contributed by atoms with van der Waals surface area (Å²) in [7, 11) is 0. The molecule has 94 valence electrons. The molecule has 0 aromatic carbocycles. The van der Waals surface area contributed by atoms with Crippen LogP contribution >= 0.6 is 0 Å². The van der Waals surface area contributed by atoms with Crippen molar-refractivity contribution >= 4 is 0 Å². The summed E-state index contributed by atoms with van der Waals surface area (Å²) < 4.78 is 4.41. The third-order valence-electron chi connectivity index (χ3n) is 3.91. The van der Waals surface area contributed by atoms with Gasteiger partial charge in [-0.1, -0.05) is 0 Å². The molecule has 0 spiro atoms. The van der Waals surface area contributed by atoms with Crippen molar-refractivity contribution in [2.75, 3.05) is 13.1 Å². The summed E-state index contributed by atoms with van der Waals surface area (Å²) in [6.45, 7) is 3.21. The summed E-state index contributed by atoms with van der Waals surface area (Å²) in [5.41, 5.74) is 1.36. The second kappa shape index (κ2) is 3.95. The van der Waals surface area contributed by atoms with E-state index >= 15 is 0 Å². The van der Waals surface area contributed by atoms with Crippen LogP contribution in [0.5, 0.6) is 0 Å². The summed E-state index contributed by atoms with van der Waals surface area (Å²) in [4.78, 5) is 6.74. The Morgan fingerprint density at radius 2 is 2.11 bits per heavy atom. The van der Waals surface area contributed by atoms with Gasteiger partial charge in [-0.3, -0.25) is 9.58 Å². The van der Waals surface area contributed by atoms with Gasteiger partial charge in [0.05, 0.1) is 18.1 Å². The van der Waals surface area contributed by atoms with Gasteiger partial charge in [-0.05, 0) is 18.9 Å². The Morgan fingerprint density at radius 1 is 1.22 bits per heavy atom. The first-order chi connectivity index (χ1) is 8.90. The third kappa shape index (κ3) is 1.75. The van der Waals surface area contributed by atoms with Crippen LogP contribution in [0.4, 0.5) is 0 Å². The average Bonchev–Trinajstić information content (AvgIpc) is 2.87. The van der Waals surface area contributed by atoms with Crippen LogP contribution in [-0.4, -0.2) is 37.3 Å². The number of likely N-dealkylation sites (tertiary alicyclic amines) is 1. The molecule has 4 rings (SSSR count). The van der Waals surface area contributed by atoms with Crippen LogP contribution in [0.2, 0.25) is 0 Å². The molecule has 0 unspecified atom stereocenters. The molecule has 0 N–H and O–H groups in total. The normalized spacial score (nSPS) is 21.1. The molecule has 0 amide bonds. The SMILES string of the molecule is c1cnn(C2CN(Cc3cncn3C3CC3)C2)c1. The first-order valence-electron chi connectivity index (χ1n) is 6.62. The average molecular weight is 243 g/mol. The van der Waals surface area contributed by atoms with Crippen LogP contribution in [-0.2, 0) is 6.54 Å². The maximum atomic E-state index is 4.30. The van der Waals surface area contributed by atoms with Crippen LogP contribution in [0.15, 0.2) is 31.0 Å². The Morgan fingerprint density at radius 3 is 2.83 bits per heavy atom. The van der Waals surface area contributed by atoms with Crippen molar-refractivity contribution in [3.05, 3.63) is 36.7 Å². The largest absolute Gasteiger partial charge is 0.330 e. The zero-order chi connectivity index (χ0) is 11.9. The highest BCUT2D eigenvalue weighted by Gasteiger charge is 2.31. The number of aromatic nitrogens is 4. The van der Waals surface area contributed by atoms with E-state index in [0.29, 0.717) is 6.04 Å². The molecule has 2 fully saturated rings. The van der Waals surface area contributed by atoms with Gasteiger partial charge < -0.3 is 4.57 Å². The molecule has 5 nitrogen and oxygen atoms in total. The van der Waals surface area contributed by atoms with Crippen molar-refractivity contribution in [1.82, 2.24) is 24.2 Å². The lowest BCUT2D eigenvalue weighted by atomic mass is 10.1. The van der Waals surface area contributed by atoms with E-state index in [9.17, 15) is 0 Å². The molecular weight excluding hydrogens is 226 g/mol. The number of hydrogen-bond donors (Lipinski definition) is 0. The minimum atomic E-state index is 0.553. The molecule has 1 aliphatic carbocycles. The van der Waals surface area contributed by atoms with Crippen molar-refractivity contribution < 1.29 is 0 Å². The van der Waals surface area contributed by atoms with Crippen LogP contribution in [0.25, 0.3) is 0 Å². The van der Waals surface area contributed by atoms with Crippen molar-refractivity contribution in [1.29, 1.82) is 0 Å². The summed E-state index contributed by atoms with van der Waals surface area (Å²) >= 11 is 0. The van der Waals surface area contributed by atoms with Crippen molar-refractivity contribution in [2.45, 2.75) is 31.5 Å². The van der Waals surface area contributed by atoms with Gasteiger partial charge in [0, 0.05) is 44.3 Å². The molecule has 1 aliphatic heterocycles. The predicted molar refractivity (Wildman–Crippen MR) is 67.0 cm³/mol. The van der Waals surface area contributed by atoms with E-state index in [1.165, 1.54) is 18.5 Å². The molecule has 18 heavy (non-hydrogen) atoms. The van der Waals surface area contributed by atoms with Crippen molar-refractivity contribution in [3.8, 4) is 0 Å². The molecule has 2 aromatic heterocycles. The van der Waals surface area contributed by atoms with Gasteiger partial charge in [-0.15, -0.1) is 0 Å². The number of nitrogens with zero attached hydrogens (tertiary/aromatic N) is 5. The first kappa shape index (κ1) is 10.3. The van der Waals surface area contributed by atoms with Gasteiger partial charge in [0.2, 0.25) is 0 Å². The number of hydrogen-bond acceptors (Lipinski definition) is 3. The van der Waals surface area contributed by atoms with Crippen LogP contribution < -0.4 is 0 Å². The Bertz CT molecular complexity index is 519. The maximum Gasteiger partial charge on any atom is 0.0951 e. The van der Waals surface area contributed by atoms with E-state index in [4.69, 9.17) is 0 Å². The standard InChI is InChI=1S/C13H17N5/c1-4-15-18(5-1)13-8-16(9-13)7-12-6-14-10-17(12)11-2-3-11/h1,4-6,10-11,13H,2-3,7-9H2. The van der Waals surface area contributed by atoms with Gasteiger partial charge in [-0.2, -0.15) is 5.10 Å². The molecule has 5 heteroatoms. The lowest BCUT2D eigenvalue weighted by molar-refractivity contribution is 0.0883. The molecule has 2 aliphatic rings. The van der Waals surface area contributed by atoms with E-state index in [0.717, 1.165) is 25.7 Å². The molecule has 3 heterocycles. The van der Waals surface area contributed by atoms with Gasteiger partial charge in [0.15, 0.2) is 0 Å². The third-order valence-corrected chi connectivity index (χ3v) is 3.91. The van der Waals surface area contributed by atoms with Crippen LogP contribution in [0, 0.1) is 0 Å². The monoisotopic (exact) mass is 243 g/mol. The van der Waals surface area contributed by atoms with Crippen LogP contribution in [0.3, 0.4) is 0 Å². The predicted octanol–water partition coefficient (Wildman–Crippen LogP) is 1.47. The van der Waals surface area contributed by atoms with E-state index in [1.54, 1.807) is 0 Å². The maximum absolute atomic E-state index is 4.30. The van der Waals surface area contributed by atoms with Crippen molar-refractivity contribution in [3.63, 3.8) is 0 Å². The minimum Gasteiger partial charge on any atom is -0.330 e. The fourth-order valence-electron chi connectivity index (χ4n) is 2.70. The Labute approximate surface area is 106 Å². The van der Waals surface area contributed by atoms with E-state index in [2.05, 4.69) is 30.4 Å². The number of imidazole rings is 1. The lowest BCUT2D eigenvalue weighted by Gasteiger charge is -2.39. The summed E-state index contributed by atoms with van der Waals surface area (Å²) in [6.07, 6.45) is 10.5. The summed E-state index contributed by atoms with van der Waals surface area (Å²) in [6, 6.07) is 3.27. The minimum absolute atomic E-state index is 0.553. The molecule has 1 saturated carbocycles. The smallest absolute Gasteiger partial charge is 0.0951 e. The summed E-state index contributed by atoms with van der Waals surface area (Å²) in [5, 5.41) is 4.30.